The molecule has 4 aromatic rings. The highest BCUT2D eigenvalue weighted by Crippen LogP contribution is 2.33. The third-order valence-electron chi connectivity index (χ3n) is 6.17. The largest absolute Gasteiger partial charge is 0.496 e. The zero-order valence-corrected chi connectivity index (χ0v) is 19.7. The minimum Gasteiger partial charge on any atom is -0.496 e. The summed E-state index contributed by atoms with van der Waals surface area (Å²) in [6.45, 7) is 2.11. The fraction of sp³-hybridized carbons (Fsp3) is 0.308. The number of fused-ring (bicyclic) bond motifs is 1. The molecule has 0 spiro atoms. The summed E-state index contributed by atoms with van der Waals surface area (Å²) in [5.74, 6) is 2.73. The minimum atomic E-state index is 0.229. The molecule has 0 radical (unpaired) electrons. The summed E-state index contributed by atoms with van der Waals surface area (Å²) in [5.41, 5.74) is 3.54. The second-order valence-electron chi connectivity index (χ2n) is 8.44. The molecule has 0 amide bonds. The molecule has 5 rings (SSSR count). The van der Waals surface area contributed by atoms with Crippen LogP contribution in [0.2, 0.25) is 0 Å². The first-order valence-corrected chi connectivity index (χ1v) is 11.4. The number of anilines is 2. The molecule has 0 atom stereocenters. The summed E-state index contributed by atoms with van der Waals surface area (Å²) in [6, 6.07) is 17.7. The predicted molar refractivity (Wildman–Crippen MR) is 132 cm³/mol. The molecule has 1 saturated heterocycles. The number of nitrogens with one attached hydrogen (secondary N) is 1. The van der Waals surface area contributed by atoms with E-state index in [1.807, 2.05) is 59.1 Å². The number of aromatic nitrogens is 3. The first-order valence-electron chi connectivity index (χ1n) is 11.4. The van der Waals surface area contributed by atoms with Crippen LogP contribution in [-0.4, -0.2) is 60.0 Å². The van der Waals surface area contributed by atoms with Crippen LogP contribution in [0, 0.1) is 0 Å². The summed E-state index contributed by atoms with van der Waals surface area (Å²) in [7, 11) is 5.46. The molecule has 0 saturated carbocycles. The number of benzene rings is 2. The summed E-state index contributed by atoms with van der Waals surface area (Å²) < 4.78 is 19.2. The lowest BCUT2D eigenvalue weighted by molar-refractivity contribution is 0.114. The molecule has 8 nitrogen and oxygen atoms in total. The average Bonchev–Trinajstić information content (AvgIpc) is 3.29. The number of piperidine rings is 1. The molecule has 8 heteroatoms. The average molecular weight is 460 g/mol. The molecule has 2 aromatic carbocycles. The Morgan fingerprint density at radius 1 is 0.941 bits per heavy atom. The molecular weight excluding hydrogens is 430 g/mol. The zero-order chi connectivity index (χ0) is 23.5. The molecular formula is C26H29N5O3. The van der Waals surface area contributed by atoms with Crippen molar-refractivity contribution in [1.82, 2.24) is 19.5 Å². The van der Waals surface area contributed by atoms with Gasteiger partial charge in [0.1, 0.15) is 23.4 Å². The van der Waals surface area contributed by atoms with E-state index in [1.54, 1.807) is 20.4 Å². The molecule has 34 heavy (non-hydrogen) atoms. The van der Waals surface area contributed by atoms with Crippen molar-refractivity contribution in [2.75, 3.05) is 39.7 Å². The number of ether oxygens (including phenoxy) is 3. The fourth-order valence-electron chi connectivity index (χ4n) is 4.28. The van der Waals surface area contributed by atoms with Crippen molar-refractivity contribution in [3.63, 3.8) is 0 Å². The Labute approximate surface area is 199 Å². The van der Waals surface area contributed by atoms with Gasteiger partial charge in [-0.25, -0.2) is 9.50 Å². The highest BCUT2D eigenvalue weighted by molar-refractivity contribution is 5.72. The van der Waals surface area contributed by atoms with Gasteiger partial charge < -0.3 is 24.4 Å². The van der Waals surface area contributed by atoms with E-state index in [4.69, 9.17) is 19.3 Å². The lowest BCUT2D eigenvalue weighted by Crippen LogP contribution is -2.35. The Hall–Kier alpha value is -3.78. The molecule has 176 valence electrons. The SMILES string of the molecule is COc1cc(OC2CCN(C)CC2)ccc1Nc1ncc2ccc(-c3ccccc3OC)n2n1. The Balaban J connectivity index is 1.39. The van der Waals surface area contributed by atoms with E-state index in [0.717, 1.165) is 59.9 Å². The number of nitrogens with zero attached hydrogens (tertiary/aromatic N) is 4. The van der Waals surface area contributed by atoms with Gasteiger partial charge in [-0.1, -0.05) is 12.1 Å². The van der Waals surface area contributed by atoms with Gasteiger partial charge in [-0.2, -0.15) is 0 Å². The van der Waals surface area contributed by atoms with Crippen molar-refractivity contribution in [3.05, 3.63) is 60.8 Å². The number of hydrogen-bond acceptors (Lipinski definition) is 7. The van der Waals surface area contributed by atoms with Gasteiger partial charge in [0.2, 0.25) is 5.95 Å². The second-order valence-corrected chi connectivity index (χ2v) is 8.44. The summed E-state index contributed by atoms with van der Waals surface area (Å²) in [4.78, 5) is 6.81. The van der Waals surface area contributed by atoms with Crippen molar-refractivity contribution >= 4 is 17.2 Å². The summed E-state index contributed by atoms with van der Waals surface area (Å²) >= 11 is 0. The number of para-hydroxylation sites is 1. The van der Waals surface area contributed by atoms with E-state index >= 15 is 0 Å². The molecule has 1 fully saturated rings. The quantitative estimate of drug-likeness (QED) is 0.432. The molecule has 0 aliphatic carbocycles. The van der Waals surface area contributed by atoms with E-state index in [1.165, 1.54) is 0 Å². The first-order chi connectivity index (χ1) is 16.6. The zero-order valence-electron chi connectivity index (χ0n) is 19.7. The molecule has 1 aliphatic rings. The van der Waals surface area contributed by atoms with Crippen LogP contribution in [0.3, 0.4) is 0 Å². The normalized spacial score (nSPS) is 14.8. The Kier molecular flexibility index (Phi) is 6.22. The molecule has 3 heterocycles. The van der Waals surface area contributed by atoms with Crippen molar-refractivity contribution in [2.45, 2.75) is 18.9 Å². The lowest BCUT2D eigenvalue weighted by atomic mass is 10.1. The van der Waals surface area contributed by atoms with Gasteiger partial charge in [0.05, 0.1) is 37.3 Å². The third-order valence-corrected chi connectivity index (χ3v) is 6.17. The topological polar surface area (TPSA) is 73.2 Å². The molecule has 2 aromatic heterocycles. The molecule has 0 unspecified atom stereocenters. The minimum absolute atomic E-state index is 0.229. The lowest BCUT2D eigenvalue weighted by Gasteiger charge is -2.29. The third kappa shape index (κ3) is 4.49. The van der Waals surface area contributed by atoms with E-state index in [-0.39, 0.29) is 6.10 Å². The van der Waals surface area contributed by atoms with Crippen molar-refractivity contribution in [3.8, 4) is 28.5 Å². The summed E-state index contributed by atoms with van der Waals surface area (Å²) in [5, 5.41) is 8.02. The van der Waals surface area contributed by atoms with Gasteiger partial charge >= 0.3 is 0 Å². The van der Waals surface area contributed by atoms with Gasteiger partial charge in [-0.05, 0) is 56.3 Å². The van der Waals surface area contributed by atoms with Crippen LogP contribution >= 0.6 is 0 Å². The molecule has 0 bridgehead atoms. The van der Waals surface area contributed by atoms with Crippen LogP contribution in [0.15, 0.2) is 60.8 Å². The van der Waals surface area contributed by atoms with Gasteiger partial charge in [0.25, 0.3) is 0 Å². The van der Waals surface area contributed by atoms with E-state index < -0.39 is 0 Å². The Morgan fingerprint density at radius 2 is 1.74 bits per heavy atom. The van der Waals surface area contributed by atoms with Crippen molar-refractivity contribution in [1.29, 1.82) is 0 Å². The number of rotatable bonds is 7. The van der Waals surface area contributed by atoms with Crippen LogP contribution < -0.4 is 19.5 Å². The standard InChI is InChI=1S/C26H29N5O3/c1-30-14-12-19(13-15-30)34-20-9-10-22(25(16-20)33-3)28-26-27-17-18-8-11-23(31(18)29-26)21-6-4-5-7-24(21)32-2/h4-11,16-17,19H,12-15H2,1-3H3,(H,28,29). The van der Waals surface area contributed by atoms with Crippen molar-refractivity contribution in [2.24, 2.45) is 0 Å². The Bertz CT molecular complexity index is 1280. The maximum absolute atomic E-state index is 6.20. The van der Waals surface area contributed by atoms with Crippen LogP contribution in [0.25, 0.3) is 16.8 Å². The smallest absolute Gasteiger partial charge is 0.245 e. The van der Waals surface area contributed by atoms with Crippen molar-refractivity contribution < 1.29 is 14.2 Å². The van der Waals surface area contributed by atoms with Crippen LogP contribution in [0.1, 0.15) is 12.8 Å². The van der Waals surface area contributed by atoms with Gasteiger partial charge in [-0.15, -0.1) is 5.10 Å². The highest BCUT2D eigenvalue weighted by Gasteiger charge is 2.19. The highest BCUT2D eigenvalue weighted by atomic mass is 16.5. The second kappa shape index (κ2) is 9.61. The van der Waals surface area contributed by atoms with Gasteiger partial charge in [0, 0.05) is 24.7 Å². The van der Waals surface area contributed by atoms with Gasteiger partial charge in [0.15, 0.2) is 0 Å². The first kappa shape index (κ1) is 22.0. The summed E-state index contributed by atoms with van der Waals surface area (Å²) in [6.07, 6.45) is 4.07. The maximum atomic E-state index is 6.20. The van der Waals surface area contributed by atoms with E-state index in [2.05, 4.69) is 22.2 Å². The number of methoxy groups -OCH3 is 2. The number of hydrogen-bond donors (Lipinski definition) is 1. The molecule has 1 aliphatic heterocycles. The Morgan fingerprint density at radius 3 is 2.53 bits per heavy atom. The van der Waals surface area contributed by atoms with Crippen LogP contribution in [-0.2, 0) is 0 Å². The predicted octanol–water partition coefficient (Wildman–Crippen LogP) is 4.63. The maximum Gasteiger partial charge on any atom is 0.245 e. The van der Waals surface area contributed by atoms with Crippen LogP contribution in [0.4, 0.5) is 11.6 Å². The van der Waals surface area contributed by atoms with E-state index in [9.17, 15) is 0 Å². The number of likely N-dealkylation sites (tertiary alicyclic amines) is 1. The fourth-order valence-corrected chi connectivity index (χ4v) is 4.28. The molecule has 1 N–H and O–H groups in total. The van der Waals surface area contributed by atoms with Crippen LogP contribution in [0.5, 0.6) is 17.2 Å². The van der Waals surface area contributed by atoms with E-state index in [0.29, 0.717) is 11.7 Å². The monoisotopic (exact) mass is 459 g/mol. The van der Waals surface area contributed by atoms with Gasteiger partial charge in [-0.3, -0.25) is 0 Å².